The third kappa shape index (κ3) is 3.38. The molecular weight excluding hydrogens is 245 g/mol. The first-order chi connectivity index (χ1) is 8.16. The minimum Gasteiger partial charge on any atom is -0.341 e. The smallest absolute Gasteiger partial charge is 0.341 e. The number of amides is 2. The maximum absolute atomic E-state index is 12.4. The van der Waals surface area contributed by atoms with E-state index in [9.17, 15) is 18.0 Å². The Hall–Kier alpha value is -1.72. The van der Waals surface area contributed by atoms with E-state index in [-0.39, 0.29) is 6.03 Å². The van der Waals surface area contributed by atoms with Gasteiger partial charge in [-0.2, -0.15) is 13.2 Å². The van der Waals surface area contributed by atoms with Crippen LogP contribution in [0.25, 0.3) is 0 Å². The van der Waals surface area contributed by atoms with Crippen LogP contribution < -0.4 is 10.6 Å². The van der Waals surface area contributed by atoms with Crippen molar-refractivity contribution in [1.29, 1.82) is 0 Å². The van der Waals surface area contributed by atoms with E-state index in [1.165, 1.54) is 19.2 Å². The van der Waals surface area contributed by atoms with Gasteiger partial charge in [-0.1, -0.05) is 12.1 Å². The van der Waals surface area contributed by atoms with Crippen LogP contribution in [0.1, 0.15) is 25.0 Å². The molecule has 0 saturated carbocycles. The molecule has 0 heterocycles. The van der Waals surface area contributed by atoms with Crippen molar-refractivity contribution in [1.82, 2.24) is 10.6 Å². The van der Waals surface area contributed by atoms with E-state index in [0.717, 1.165) is 12.1 Å². The van der Waals surface area contributed by atoms with Crippen LogP contribution >= 0.6 is 0 Å². The highest BCUT2D eigenvalue weighted by molar-refractivity contribution is 5.74. The average Bonchev–Trinajstić information content (AvgIpc) is 2.27. The molecule has 2 amide bonds. The molecule has 0 aliphatic rings. The standard InChI is InChI=1S/C12H15F3N2O/c1-11(2,17-10(18)16-3)8-4-6-9(7-5-8)12(13,14)15/h4-7H,1-3H3,(H2,16,17,18). The van der Waals surface area contributed by atoms with Crippen molar-refractivity contribution in [2.24, 2.45) is 0 Å². The number of benzene rings is 1. The van der Waals surface area contributed by atoms with Crippen LogP contribution in [0, 0.1) is 0 Å². The average molecular weight is 260 g/mol. The summed E-state index contributed by atoms with van der Waals surface area (Å²) in [7, 11) is 1.47. The van der Waals surface area contributed by atoms with Gasteiger partial charge in [-0.05, 0) is 31.5 Å². The van der Waals surface area contributed by atoms with Gasteiger partial charge in [0.15, 0.2) is 0 Å². The van der Waals surface area contributed by atoms with Crippen molar-refractivity contribution in [3.8, 4) is 0 Å². The summed E-state index contributed by atoms with van der Waals surface area (Å²) in [5.74, 6) is 0. The van der Waals surface area contributed by atoms with Crippen LogP contribution in [0.5, 0.6) is 0 Å². The molecule has 0 unspecified atom stereocenters. The van der Waals surface area contributed by atoms with Crippen LogP contribution in [0.3, 0.4) is 0 Å². The van der Waals surface area contributed by atoms with E-state index in [2.05, 4.69) is 10.6 Å². The van der Waals surface area contributed by atoms with Gasteiger partial charge in [0.25, 0.3) is 0 Å². The Morgan fingerprint density at radius 3 is 1.89 bits per heavy atom. The molecular formula is C12H15F3N2O. The molecule has 0 spiro atoms. The fourth-order valence-electron chi connectivity index (χ4n) is 1.49. The zero-order valence-electron chi connectivity index (χ0n) is 10.4. The van der Waals surface area contributed by atoms with Gasteiger partial charge in [0.2, 0.25) is 0 Å². The third-order valence-electron chi connectivity index (χ3n) is 2.59. The highest BCUT2D eigenvalue weighted by atomic mass is 19.4. The van der Waals surface area contributed by atoms with Gasteiger partial charge in [-0.3, -0.25) is 0 Å². The SMILES string of the molecule is CNC(=O)NC(C)(C)c1ccc(C(F)(F)F)cc1. The molecule has 2 N–H and O–H groups in total. The summed E-state index contributed by atoms with van der Waals surface area (Å²) in [6.07, 6.45) is -4.35. The maximum Gasteiger partial charge on any atom is 0.416 e. The highest BCUT2D eigenvalue weighted by Gasteiger charge is 2.31. The summed E-state index contributed by atoms with van der Waals surface area (Å²) in [5.41, 5.74) is -0.856. The van der Waals surface area contributed by atoms with Crippen LogP contribution in [0.4, 0.5) is 18.0 Å². The molecule has 1 aromatic carbocycles. The molecule has 0 bridgehead atoms. The van der Waals surface area contributed by atoms with Crippen molar-refractivity contribution in [3.63, 3.8) is 0 Å². The molecule has 0 aliphatic carbocycles. The lowest BCUT2D eigenvalue weighted by Crippen LogP contribution is -2.45. The monoisotopic (exact) mass is 260 g/mol. The summed E-state index contributed by atoms with van der Waals surface area (Å²) >= 11 is 0. The Bertz CT molecular complexity index is 424. The molecule has 0 atom stereocenters. The van der Waals surface area contributed by atoms with E-state index in [0.29, 0.717) is 5.56 Å². The summed E-state index contributed by atoms with van der Waals surface area (Å²) in [6, 6.07) is 4.34. The predicted octanol–water partition coefficient (Wildman–Crippen LogP) is 2.87. The minimum absolute atomic E-state index is 0.389. The first-order valence-electron chi connectivity index (χ1n) is 5.34. The molecule has 0 aromatic heterocycles. The van der Waals surface area contributed by atoms with Gasteiger partial charge in [0, 0.05) is 7.05 Å². The molecule has 6 heteroatoms. The van der Waals surface area contributed by atoms with E-state index in [1.54, 1.807) is 13.8 Å². The number of hydrogen-bond donors (Lipinski definition) is 2. The van der Waals surface area contributed by atoms with Crippen molar-refractivity contribution >= 4 is 6.03 Å². The van der Waals surface area contributed by atoms with Gasteiger partial charge in [0.05, 0.1) is 11.1 Å². The van der Waals surface area contributed by atoms with Crippen LogP contribution in [-0.4, -0.2) is 13.1 Å². The van der Waals surface area contributed by atoms with E-state index >= 15 is 0 Å². The summed E-state index contributed by atoms with van der Waals surface area (Å²) in [5, 5.41) is 5.05. The van der Waals surface area contributed by atoms with Crippen LogP contribution in [0.15, 0.2) is 24.3 Å². The Morgan fingerprint density at radius 2 is 1.50 bits per heavy atom. The van der Waals surface area contributed by atoms with Crippen LogP contribution in [0.2, 0.25) is 0 Å². The number of nitrogens with one attached hydrogen (secondary N) is 2. The largest absolute Gasteiger partial charge is 0.416 e. The zero-order valence-corrected chi connectivity index (χ0v) is 10.4. The van der Waals surface area contributed by atoms with Gasteiger partial charge >= 0.3 is 12.2 Å². The molecule has 0 saturated heterocycles. The number of alkyl halides is 3. The van der Waals surface area contributed by atoms with Crippen molar-refractivity contribution in [2.75, 3.05) is 7.05 Å². The number of carbonyl (C=O) groups excluding carboxylic acids is 1. The first-order valence-corrected chi connectivity index (χ1v) is 5.34. The summed E-state index contributed by atoms with van der Waals surface area (Å²) in [4.78, 5) is 11.2. The Morgan fingerprint density at radius 1 is 1.06 bits per heavy atom. The number of urea groups is 1. The zero-order chi connectivity index (χ0) is 14.0. The molecule has 18 heavy (non-hydrogen) atoms. The molecule has 1 rings (SSSR count). The fourth-order valence-corrected chi connectivity index (χ4v) is 1.49. The second kappa shape index (κ2) is 4.88. The maximum atomic E-state index is 12.4. The van der Waals surface area contributed by atoms with Gasteiger partial charge in [0.1, 0.15) is 0 Å². The Labute approximate surface area is 103 Å². The Balaban J connectivity index is 2.94. The Kier molecular flexibility index (Phi) is 3.88. The van der Waals surface area contributed by atoms with Gasteiger partial charge < -0.3 is 10.6 Å². The highest BCUT2D eigenvalue weighted by Crippen LogP contribution is 2.30. The summed E-state index contributed by atoms with van der Waals surface area (Å²) in [6.45, 7) is 3.43. The number of hydrogen-bond acceptors (Lipinski definition) is 1. The lowest BCUT2D eigenvalue weighted by atomic mass is 9.93. The van der Waals surface area contributed by atoms with Crippen molar-refractivity contribution in [2.45, 2.75) is 25.6 Å². The molecule has 0 fully saturated rings. The summed E-state index contributed by atoms with van der Waals surface area (Å²) < 4.78 is 37.2. The predicted molar refractivity (Wildman–Crippen MR) is 62.1 cm³/mol. The molecule has 3 nitrogen and oxygen atoms in total. The van der Waals surface area contributed by atoms with Gasteiger partial charge in [-0.25, -0.2) is 4.79 Å². The lowest BCUT2D eigenvalue weighted by molar-refractivity contribution is -0.137. The van der Waals surface area contributed by atoms with Crippen LogP contribution in [-0.2, 0) is 11.7 Å². The van der Waals surface area contributed by atoms with Gasteiger partial charge in [-0.15, -0.1) is 0 Å². The van der Waals surface area contributed by atoms with Crippen molar-refractivity contribution < 1.29 is 18.0 Å². The third-order valence-corrected chi connectivity index (χ3v) is 2.59. The fraction of sp³-hybridized carbons (Fsp3) is 0.417. The van der Waals surface area contributed by atoms with E-state index in [1.807, 2.05) is 0 Å². The topological polar surface area (TPSA) is 41.1 Å². The minimum atomic E-state index is -4.35. The van der Waals surface area contributed by atoms with E-state index < -0.39 is 17.3 Å². The number of halogens is 3. The molecule has 100 valence electrons. The number of rotatable bonds is 2. The normalized spacial score (nSPS) is 12.1. The number of carbonyl (C=O) groups is 1. The molecule has 0 radical (unpaired) electrons. The quantitative estimate of drug-likeness (QED) is 0.843. The lowest BCUT2D eigenvalue weighted by Gasteiger charge is -2.27. The molecule has 0 aliphatic heterocycles. The second-order valence-corrected chi connectivity index (χ2v) is 4.40. The van der Waals surface area contributed by atoms with E-state index in [4.69, 9.17) is 0 Å². The second-order valence-electron chi connectivity index (χ2n) is 4.40. The molecule has 1 aromatic rings. The first kappa shape index (κ1) is 14.3. The van der Waals surface area contributed by atoms with Crippen molar-refractivity contribution in [3.05, 3.63) is 35.4 Å².